The lowest BCUT2D eigenvalue weighted by molar-refractivity contribution is 0.103. The highest BCUT2D eigenvalue weighted by atomic mass is 32.1. The fraction of sp³-hybridized carbons (Fsp3) is 0.636. The smallest absolute Gasteiger partial charge is 0.0630 e. The number of thiophene rings is 1. The number of rotatable bonds is 7. The van der Waals surface area contributed by atoms with Gasteiger partial charge in [-0.2, -0.15) is 0 Å². The van der Waals surface area contributed by atoms with Gasteiger partial charge < -0.3 is 10.1 Å². The number of hydrogen-bond acceptors (Lipinski definition) is 4. The summed E-state index contributed by atoms with van der Waals surface area (Å²) in [5, 5.41) is 5.31. The van der Waals surface area contributed by atoms with Gasteiger partial charge in [-0.05, 0) is 25.5 Å². The third kappa shape index (κ3) is 4.30. The summed E-state index contributed by atoms with van der Waals surface area (Å²) in [6, 6.07) is 4.70. The Labute approximate surface area is 96.0 Å². The van der Waals surface area contributed by atoms with Gasteiger partial charge in [0.2, 0.25) is 0 Å². The molecule has 4 heteroatoms. The Hall–Kier alpha value is -0.420. The Bertz CT molecular complexity index is 245. The molecule has 1 aromatic rings. The van der Waals surface area contributed by atoms with Gasteiger partial charge in [-0.3, -0.25) is 4.90 Å². The van der Waals surface area contributed by atoms with Crippen LogP contribution in [0, 0.1) is 0 Å². The summed E-state index contributed by atoms with van der Waals surface area (Å²) in [5.41, 5.74) is 0. The number of nitrogens with one attached hydrogen (secondary N) is 1. The van der Waals surface area contributed by atoms with Crippen LogP contribution in [0.25, 0.3) is 0 Å². The molecule has 0 fully saturated rings. The molecule has 1 aromatic heterocycles. The molecular formula is C11H20N2OS. The van der Waals surface area contributed by atoms with Crippen molar-refractivity contribution in [3.05, 3.63) is 22.4 Å². The van der Waals surface area contributed by atoms with Crippen molar-refractivity contribution in [1.82, 2.24) is 10.2 Å². The minimum Gasteiger partial charge on any atom is -0.383 e. The standard InChI is InChI=1S/C11H20N2OS/c1-12-7-10(9-14-3)13(2)8-11-5-4-6-15-11/h4-6,10,12H,7-9H2,1-3H3. The second-order valence-corrected chi connectivity index (χ2v) is 4.69. The van der Waals surface area contributed by atoms with Crippen molar-refractivity contribution in [3.63, 3.8) is 0 Å². The van der Waals surface area contributed by atoms with Gasteiger partial charge in [-0.1, -0.05) is 6.07 Å². The lowest BCUT2D eigenvalue weighted by Gasteiger charge is -2.26. The molecule has 0 saturated carbocycles. The normalized spacial score (nSPS) is 13.3. The van der Waals surface area contributed by atoms with E-state index in [1.54, 1.807) is 18.4 Å². The van der Waals surface area contributed by atoms with Crippen molar-refractivity contribution >= 4 is 11.3 Å². The zero-order valence-corrected chi connectivity index (χ0v) is 10.5. The van der Waals surface area contributed by atoms with Gasteiger partial charge in [0.25, 0.3) is 0 Å². The van der Waals surface area contributed by atoms with E-state index in [0.717, 1.165) is 19.7 Å². The monoisotopic (exact) mass is 228 g/mol. The number of likely N-dealkylation sites (N-methyl/N-ethyl adjacent to an activating group) is 2. The lowest BCUT2D eigenvalue weighted by atomic mass is 10.2. The minimum atomic E-state index is 0.432. The summed E-state index contributed by atoms with van der Waals surface area (Å²) < 4.78 is 5.22. The van der Waals surface area contributed by atoms with Crippen LogP contribution in [0.5, 0.6) is 0 Å². The van der Waals surface area contributed by atoms with Gasteiger partial charge >= 0.3 is 0 Å². The molecule has 0 aliphatic rings. The first-order valence-corrected chi connectivity index (χ1v) is 6.02. The molecule has 0 aromatic carbocycles. The van der Waals surface area contributed by atoms with Crippen molar-refractivity contribution in [2.75, 3.05) is 34.4 Å². The fourth-order valence-electron chi connectivity index (χ4n) is 1.55. The van der Waals surface area contributed by atoms with Gasteiger partial charge in [0, 0.05) is 31.1 Å². The van der Waals surface area contributed by atoms with E-state index in [2.05, 4.69) is 34.8 Å². The van der Waals surface area contributed by atoms with E-state index >= 15 is 0 Å². The van der Waals surface area contributed by atoms with E-state index in [0.29, 0.717) is 6.04 Å². The summed E-state index contributed by atoms with van der Waals surface area (Å²) in [5.74, 6) is 0. The van der Waals surface area contributed by atoms with Crippen LogP contribution in [0.2, 0.25) is 0 Å². The maximum Gasteiger partial charge on any atom is 0.0630 e. The Balaban J connectivity index is 2.44. The molecule has 0 aliphatic heterocycles. The highest BCUT2D eigenvalue weighted by Crippen LogP contribution is 2.12. The summed E-state index contributed by atoms with van der Waals surface area (Å²) in [7, 11) is 5.87. The molecule has 0 bridgehead atoms. The third-order valence-electron chi connectivity index (χ3n) is 2.41. The van der Waals surface area contributed by atoms with Crippen LogP contribution in [0.4, 0.5) is 0 Å². The summed E-state index contributed by atoms with van der Waals surface area (Å²) >= 11 is 1.80. The van der Waals surface area contributed by atoms with Crippen molar-refractivity contribution in [3.8, 4) is 0 Å². The summed E-state index contributed by atoms with van der Waals surface area (Å²) in [6.45, 7) is 2.71. The largest absolute Gasteiger partial charge is 0.383 e. The summed E-state index contributed by atoms with van der Waals surface area (Å²) in [6.07, 6.45) is 0. The topological polar surface area (TPSA) is 24.5 Å². The fourth-order valence-corrected chi connectivity index (χ4v) is 2.31. The van der Waals surface area contributed by atoms with Crippen molar-refractivity contribution in [1.29, 1.82) is 0 Å². The first-order chi connectivity index (χ1) is 7.27. The van der Waals surface area contributed by atoms with Gasteiger partial charge in [-0.15, -0.1) is 11.3 Å². The lowest BCUT2D eigenvalue weighted by Crippen LogP contribution is -2.41. The van der Waals surface area contributed by atoms with E-state index in [9.17, 15) is 0 Å². The molecule has 0 radical (unpaired) electrons. The van der Waals surface area contributed by atoms with Crippen molar-refractivity contribution < 1.29 is 4.74 Å². The molecule has 1 heterocycles. The number of ether oxygens (including phenoxy) is 1. The van der Waals surface area contributed by atoms with Gasteiger partial charge in [0.05, 0.1) is 6.61 Å². The molecule has 0 spiro atoms. The average molecular weight is 228 g/mol. The minimum absolute atomic E-state index is 0.432. The predicted molar refractivity (Wildman–Crippen MR) is 65.4 cm³/mol. The van der Waals surface area contributed by atoms with Crippen LogP contribution < -0.4 is 5.32 Å². The van der Waals surface area contributed by atoms with E-state index in [1.165, 1.54) is 4.88 Å². The predicted octanol–water partition coefficient (Wildman–Crippen LogP) is 1.41. The van der Waals surface area contributed by atoms with E-state index < -0.39 is 0 Å². The van der Waals surface area contributed by atoms with Crippen LogP contribution >= 0.6 is 11.3 Å². The van der Waals surface area contributed by atoms with E-state index in [1.807, 2.05) is 7.05 Å². The Morgan fingerprint density at radius 3 is 2.93 bits per heavy atom. The number of methoxy groups -OCH3 is 1. The molecule has 86 valence electrons. The number of nitrogens with zero attached hydrogens (tertiary/aromatic N) is 1. The van der Waals surface area contributed by atoms with Crippen LogP contribution in [0.3, 0.4) is 0 Å². The molecule has 1 rings (SSSR count). The molecule has 1 unspecified atom stereocenters. The van der Waals surface area contributed by atoms with Crippen molar-refractivity contribution in [2.45, 2.75) is 12.6 Å². The van der Waals surface area contributed by atoms with E-state index in [-0.39, 0.29) is 0 Å². The van der Waals surface area contributed by atoms with Crippen LogP contribution in [-0.4, -0.2) is 45.3 Å². The molecule has 0 saturated heterocycles. The van der Waals surface area contributed by atoms with Gasteiger partial charge in [0.1, 0.15) is 0 Å². The first kappa shape index (κ1) is 12.6. The molecule has 1 N–H and O–H groups in total. The van der Waals surface area contributed by atoms with Crippen LogP contribution in [0.15, 0.2) is 17.5 Å². The molecule has 3 nitrogen and oxygen atoms in total. The van der Waals surface area contributed by atoms with Crippen LogP contribution in [0.1, 0.15) is 4.88 Å². The zero-order chi connectivity index (χ0) is 11.1. The highest BCUT2D eigenvalue weighted by Gasteiger charge is 2.13. The Morgan fingerprint density at radius 1 is 1.60 bits per heavy atom. The quantitative estimate of drug-likeness (QED) is 0.764. The zero-order valence-electron chi connectivity index (χ0n) is 9.69. The molecular weight excluding hydrogens is 208 g/mol. The third-order valence-corrected chi connectivity index (χ3v) is 3.27. The second kappa shape index (κ2) is 6.95. The van der Waals surface area contributed by atoms with Gasteiger partial charge in [-0.25, -0.2) is 0 Å². The maximum atomic E-state index is 5.22. The Morgan fingerprint density at radius 2 is 2.40 bits per heavy atom. The van der Waals surface area contributed by atoms with Crippen molar-refractivity contribution in [2.24, 2.45) is 0 Å². The molecule has 1 atom stereocenters. The average Bonchev–Trinajstić information content (AvgIpc) is 2.70. The maximum absolute atomic E-state index is 5.22. The van der Waals surface area contributed by atoms with Crippen LogP contribution in [-0.2, 0) is 11.3 Å². The van der Waals surface area contributed by atoms with Gasteiger partial charge in [0.15, 0.2) is 0 Å². The Kier molecular flexibility index (Phi) is 5.86. The first-order valence-electron chi connectivity index (χ1n) is 5.14. The SMILES string of the molecule is CNCC(COC)N(C)Cc1cccs1. The molecule has 0 amide bonds. The highest BCUT2D eigenvalue weighted by molar-refractivity contribution is 7.09. The summed E-state index contributed by atoms with van der Waals surface area (Å²) in [4.78, 5) is 3.72. The second-order valence-electron chi connectivity index (χ2n) is 3.66. The molecule has 0 aliphatic carbocycles. The van der Waals surface area contributed by atoms with E-state index in [4.69, 9.17) is 4.74 Å². The number of hydrogen-bond donors (Lipinski definition) is 1. The molecule has 15 heavy (non-hydrogen) atoms.